The lowest BCUT2D eigenvalue weighted by Gasteiger charge is -1.89. The molecule has 0 fully saturated rings. The molecule has 0 saturated carbocycles. The Hall–Kier alpha value is -2.01. The van der Waals surface area contributed by atoms with E-state index in [-0.39, 0.29) is 12.2 Å². The second kappa shape index (κ2) is 3.62. The highest BCUT2D eigenvalue weighted by Gasteiger charge is 2.10. The van der Waals surface area contributed by atoms with E-state index in [2.05, 4.69) is 5.92 Å². The van der Waals surface area contributed by atoms with Gasteiger partial charge in [0, 0.05) is 5.39 Å². The van der Waals surface area contributed by atoms with Gasteiger partial charge in [-0.05, 0) is 25.1 Å². The lowest BCUT2D eigenvalue weighted by molar-refractivity contribution is 0.0974. The molecule has 0 spiro atoms. The number of furan rings is 1. The van der Waals surface area contributed by atoms with Crippen molar-refractivity contribution in [3.05, 3.63) is 35.6 Å². The SMILES string of the molecule is C#CCC(=O)c1cc2cc(C)ccc2o1. The number of rotatable bonds is 2. The van der Waals surface area contributed by atoms with Crippen LogP contribution < -0.4 is 0 Å². The first-order valence-electron chi connectivity index (χ1n) is 4.67. The molecule has 0 radical (unpaired) electrons. The number of hydrogen-bond donors (Lipinski definition) is 0. The van der Waals surface area contributed by atoms with E-state index in [1.807, 2.05) is 25.1 Å². The maximum atomic E-state index is 11.5. The van der Waals surface area contributed by atoms with Gasteiger partial charge in [0.15, 0.2) is 5.76 Å². The van der Waals surface area contributed by atoms with Gasteiger partial charge in [0.1, 0.15) is 5.58 Å². The number of aryl methyl sites for hydroxylation is 1. The average Bonchev–Trinajstić information content (AvgIpc) is 2.60. The van der Waals surface area contributed by atoms with Crippen LogP contribution in [0.1, 0.15) is 22.5 Å². The molecule has 2 nitrogen and oxygen atoms in total. The monoisotopic (exact) mass is 198 g/mol. The van der Waals surface area contributed by atoms with Crippen LogP contribution in [0, 0.1) is 19.3 Å². The summed E-state index contributed by atoms with van der Waals surface area (Å²) in [5, 5.41) is 0.940. The number of terminal acetylenes is 1. The predicted molar refractivity (Wildman–Crippen MR) is 58.7 cm³/mol. The number of carbonyl (C=O) groups is 1. The molecule has 0 aliphatic heterocycles. The number of hydrogen-bond acceptors (Lipinski definition) is 2. The smallest absolute Gasteiger partial charge is 0.209 e. The standard InChI is InChI=1S/C13H10O2/c1-3-4-11(14)13-8-10-7-9(2)5-6-12(10)15-13/h1,5-8H,4H2,2H3. The van der Waals surface area contributed by atoms with Crippen molar-refractivity contribution >= 4 is 16.8 Å². The molecule has 74 valence electrons. The zero-order valence-electron chi connectivity index (χ0n) is 8.41. The van der Waals surface area contributed by atoms with E-state index in [1.165, 1.54) is 0 Å². The summed E-state index contributed by atoms with van der Waals surface area (Å²) in [6, 6.07) is 7.52. The van der Waals surface area contributed by atoms with E-state index in [4.69, 9.17) is 10.8 Å². The number of Topliss-reactive ketones (excluding diaryl/α,β-unsaturated/α-hetero) is 1. The van der Waals surface area contributed by atoms with E-state index < -0.39 is 0 Å². The van der Waals surface area contributed by atoms with Crippen LogP contribution in [0.3, 0.4) is 0 Å². The fourth-order valence-electron chi connectivity index (χ4n) is 1.48. The van der Waals surface area contributed by atoms with E-state index >= 15 is 0 Å². The van der Waals surface area contributed by atoms with Crippen molar-refractivity contribution in [2.45, 2.75) is 13.3 Å². The van der Waals surface area contributed by atoms with Crippen LogP contribution in [0.5, 0.6) is 0 Å². The van der Waals surface area contributed by atoms with Crippen molar-refractivity contribution in [1.82, 2.24) is 0 Å². The number of fused-ring (bicyclic) bond motifs is 1. The van der Waals surface area contributed by atoms with Gasteiger partial charge in [-0.1, -0.05) is 17.6 Å². The highest BCUT2D eigenvalue weighted by Crippen LogP contribution is 2.21. The van der Waals surface area contributed by atoms with Crippen LogP contribution in [-0.2, 0) is 0 Å². The van der Waals surface area contributed by atoms with Gasteiger partial charge in [-0.25, -0.2) is 0 Å². The quantitative estimate of drug-likeness (QED) is 0.548. The van der Waals surface area contributed by atoms with Crippen LogP contribution >= 0.6 is 0 Å². The van der Waals surface area contributed by atoms with Gasteiger partial charge in [-0.2, -0.15) is 0 Å². The Morgan fingerprint density at radius 3 is 3.00 bits per heavy atom. The molecule has 2 aromatic rings. The minimum absolute atomic E-state index is 0.0821. The summed E-state index contributed by atoms with van der Waals surface area (Å²) in [5.41, 5.74) is 1.86. The largest absolute Gasteiger partial charge is 0.453 e. The third kappa shape index (κ3) is 1.77. The van der Waals surface area contributed by atoms with Gasteiger partial charge >= 0.3 is 0 Å². The highest BCUT2D eigenvalue weighted by molar-refractivity contribution is 5.98. The molecule has 2 heteroatoms. The fraction of sp³-hybridized carbons (Fsp3) is 0.154. The van der Waals surface area contributed by atoms with Crippen molar-refractivity contribution in [3.63, 3.8) is 0 Å². The first kappa shape index (κ1) is 9.54. The van der Waals surface area contributed by atoms with Crippen molar-refractivity contribution < 1.29 is 9.21 Å². The second-order valence-corrected chi connectivity index (χ2v) is 3.46. The summed E-state index contributed by atoms with van der Waals surface area (Å²) in [5.74, 6) is 2.51. The zero-order valence-corrected chi connectivity index (χ0v) is 8.41. The lowest BCUT2D eigenvalue weighted by atomic mass is 10.1. The van der Waals surface area contributed by atoms with Gasteiger partial charge in [0.2, 0.25) is 5.78 Å². The zero-order chi connectivity index (χ0) is 10.8. The predicted octanol–water partition coefficient (Wildman–Crippen LogP) is 2.95. The molecule has 15 heavy (non-hydrogen) atoms. The second-order valence-electron chi connectivity index (χ2n) is 3.46. The van der Waals surface area contributed by atoms with Crippen LogP contribution in [0.2, 0.25) is 0 Å². The third-order valence-electron chi connectivity index (χ3n) is 2.21. The van der Waals surface area contributed by atoms with Gasteiger partial charge in [0.05, 0.1) is 6.42 Å². The van der Waals surface area contributed by atoms with Gasteiger partial charge in [0.25, 0.3) is 0 Å². The molecule has 0 unspecified atom stereocenters. The van der Waals surface area contributed by atoms with E-state index in [0.29, 0.717) is 5.76 Å². The van der Waals surface area contributed by atoms with Gasteiger partial charge < -0.3 is 4.42 Å². The van der Waals surface area contributed by atoms with Gasteiger partial charge in [-0.15, -0.1) is 6.42 Å². The Bertz CT molecular complexity index is 555. The fourth-order valence-corrected chi connectivity index (χ4v) is 1.48. The van der Waals surface area contributed by atoms with Crippen LogP contribution in [-0.4, -0.2) is 5.78 Å². The van der Waals surface area contributed by atoms with Crippen molar-refractivity contribution in [1.29, 1.82) is 0 Å². The molecular formula is C13H10O2. The lowest BCUT2D eigenvalue weighted by Crippen LogP contribution is -1.93. The molecule has 0 N–H and O–H groups in total. The normalized spacial score (nSPS) is 10.1. The molecule has 0 bridgehead atoms. The third-order valence-corrected chi connectivity index (χ3v) is 2.21. The minimum atomic E-state index is -0.147. The van der Waals surface area contributed by atoms with E-state index in [9.17, 15) is 4.79 Å². The molecule has 0 atom stereocenters. The van der Waals surface area contributed by atoms with Gasteiger partial charge in [-0.3, -0.25) is 4.79 Å². The molecule has 2 rings (SSSR count). The molecule has 1 aromatic heterocycles. The minimum Gasteiger partial charge on any atom is -0.453 e. The average molecular weight is 198 g/mol. The molecule has 1 aromatic carbocycles. The highest BCUT2D eigenvalue weighted by atomic mass is 16.3. The van der Waals surface area contributed by atoms with Crippen molar-refractivity contribution in [2.75, 3.05) is 0 Å². The molecule has 0 aliphatic carbocycles. The summed E-state index contributed by atoms with van der Waals surface area (Å²) in [7, 11) is 0. The van der Waals surface area contributed by atoms with Crippen LogP contribution in [0.15, 0.2) is 28.7 Å². The molecule has 0 aliphatic rings. The Morgan fingerprint density at radius 1 is 1.47 bits per heavy atom. The van der Waals surface area contributed by atoms with E-state index in [1.54, 1.807) is 6.07 Å². The maximum absolute atomic E-state index is 11.5. The first-order valence-corrected chi connectivity index (χ1v) is 4.67. The molecule has 1 heterocycles. The molecule has 0 amide bonds. The Labute approximate surface area is 87.9 Å². The number of ketones is 1. The summed E-state index contributed by atoms with van der Waals surface area (Å²) >= 11 is 0. The summed E-state index contributed by atoms with van der Waals surface area (Å²) in [6.07, 6.45) is 5.15. The summed E-state index contributed by atoms with van der Waals surface area (Å²) in [6.45, 7) is 2.00. The van der Waals surface area contributed by atoms with Crippen molar-refractivity contribution in [3.8, 4) is 12.3 Å². The topological polar surface area (TPSA) is 30.2 Å². The maximum Gasteiger partial charge on any atom is 0.209 e. The Kier molecular flexibility index (Phi) is 2.31. The molecular weight excluding hydrogens is 188 g/mol. The Morgan fingerprint density at radius 2 is 2.27 bits per heavy atom. The number of carbonyl (C=O) groups excluding carboxylic acids is 1. The van der Waals surface area contributed by atoms with Crippen LogP contribution in [0.4, 0.5) is 0 Å². The van der Waals surface area contributed by atoms with Crippen molar-refractivity contribution in [2.24, 2.45) is 0 Å². The first-order chi connectivity index (χ1) is 7.20. The van der Waals surface area contributed by atoms with Crippen LogP contribution in [0.25, 0.3) is 11.0 Å². The summed E-state index contributed by atoms with van der Waals surface area (Å²) < 4.78 is 5.39. The molecule has 0 saturated heterocycles. The number of benzene rings is 1. The summed E-state index contributed by atoms with van der Waals surface area (Å²) in [4.78, 5) is 11.5. The Balaban J connectivity index is 2.48. The van der Waals surface area contributed by atoms with E-state index in [0.717, 1.165) is 16.5 Å².